The summed E-state index contributed by atoms with van der Waals surface area (Å²) in [6, 6.07) is 14.5. The summed E-state index contributed by atoms with van der Waals surface area (Å²) < 4.78 is 5.13. The molecule has 2 aromatic rings. The molecule has 0 unspecified atom stereocenters. The third-order valence-electron chi connectivity index (χ3n) is 4.44. The van der Waals surface area contributed by atoms with Crippen LogP contribution in [0.15, 0.2) is 48.5 Å². The summed E-state index contributed by atoms with van der Waals surface area (Å²) >= 11 is 0. The number of para-hydroxylation sites is 1. The van der Waals surface area contributed by atoms with Gasteiger partial charge in [0.1, 0.15) is 5.75 Å². The Morgan fingerprint density at radius 3 is 2.40 bits per heavy atom. The summed E-state index contributed by atoms with van der Waals surface area (Å²) in [5, 5.41) is 15.2. The average Bonchev–Trinajstić information content (AvgIpc) is 3.42. The largest absolute Gasteiger partial charge is 0.497 e. The van der Waals surface area contributed by atoms with Crippen molar-refractivity contribution < 1.29 is 19.4 Å². The highest BCUT2D eigenvalue weighted by molar-refractivity contribution is 6.00. The first-order chi connectivity index (χ1) is 12.0. The van der Waals surface area contributed by atoms with Crippen LogP contribution >= 0.6 is 0 Å². The SMILES string of the molecule is COc1ccc(Nc2ccccc2C(=O)NCC2(C(=O)O)CC2)cc1. The van der Waals surface area contributed by atoms with Crippen molar-refractivity contribution in [3.63, 3.8) is 0 Å². The summed E-state index contributed by atoms with van der Waals surface area (Å²) in [5.41, 5.74) is 1.17. The first-order valence-electron chi connectivity index (χ1n) is 8.06. The van der Waals surface area contributed by atoms with Gasteiger partial charge in [0.2, 0.25) is 0 Å². The summed E-state index contributed by atoms with van der Waals surface area (Å²) in [6.45, 7) is 0.151. The van der Waals surface area contributed by atoms with Crippen LogP contribution in [0.5, 0.6) is 5.75 Å². The van der Waals surface area contributed by atoms with Crippen molar-refractivity contribution in [2.24, 2.45) is 5.41 Å². The lowest BCUT2D eigenvalue weighted by atomic mass is 10.1. The summed E-state index contributed by atoms with van der Waals surface area (Å²) in [4.78, 5) is 23.7. The maximum atomic E-state index is 12.5. The number of methoxy groups -OCH3 is 1. The molecule has 2 aromatic carbocycles. The van der Waals surface area contributed by atoms with Crippen molar-refractivity contribution in [3.05, 3.63) is 54.1 Å². The zero-order chi connectivity index (χ0) is 17.9. The van der Waals surface area contributed by atoms with Crippen LogP contribution in [0.3, 0.4) is 0 Å². The lowest BCUT2D eigenvalue weighted by Gasteiger charge is -2.14. The third-order valence-corrected chi connectivity index (χ3v) is 4.44. The Morgan fingerprint density at radius 2 is 1.80 bits per heavy atom. The molecule has 1 aliphatic rings. The molecule has 1 fully saturated rings. The van der Waals surface area contributed by atoms with Crippen molar-refractivity contribution >= 4 is 23.3 Å². The molecular formula is C19H20N2O4. The topological polar surface area (TPSA) is 87.7 Å². The monoisotopic (exact) mass is 340 g/mol. The van der Waals surface area contributed by atoms with Crippen LogP contribution in [0.2, 0.25) is 0 Å². The van der Waals surface area contributed by atoms with Crippen LogP contribution in [0.1, 0.15) is 23.2 Å². The standard InChI is InChI=1S/C19H20N2O4/c1-25-14-8-6-13(7-9-14)21-16-5-3-2-4-15(16)17(22)20-12-19(10-11-19)18(23)24/h2-9,21H,10-12H2,1H3,(H,20,22)(H,23,24). The molecule has 130 valence electrons. The van der Waals surface area contributed by atoms with E-state index in [9.17, 15) is 14.7 Å². The van der Waals surface area contributed by atoms with E-state index in [1.165, 1.54) is 0 Å². The number of carbonyl (C=O) groups is 2. The summed E-state index contributed by atoms with van der Waals surface area (Å²) in [5.74, 6) is -0.387. The van der Waals surface area contributed by atoms with Crippen molar-refractivity contribution in [2.75, 3.05) is 19.0 Å². The van der Waals surface area contributed by atoms with Gasteiger partial charge in [0, 0.05) is 12.2 Å². The zero-order valence-electron chi connectivity index (χ0n) is 13.9. The fraction of sp³-hybridized carbons (Fsp3) is 0.263. The minimum absolute atomic E-state index is 0.151. The number of nitrogens with one attached hydrogen (secondary N) is 2. The van der Waals surface area contributed by atoms with Gasteiger partial charge in [-0.05, 0) is 49.2 Å². The van der Waals surface area contributed by atoms with Crippen LogP contribution in [0, 0.1) is 5.41 Å². The quantitative estimate of drug-likeness (QED) is 0.721. The van der Waals surface area contributed by atoms with Gasteiger partial charge in [-0.1, -0.05) is 12.1 Å². The lowest BCUT2D eigenvalue weighted by molar-refractivity contribution is -0.143. The third kappa shape index (κ3) is 3.74. The number of anilines is 2. The van der Waals surface area contributed by atoms with Gasteiger partial charge in [-0.3, -0.25) is 9.59 Å². The van der Waals surface area contributed by atoms with Gasteiger partial charge >= 0.3 is 5.97 Å². The van der Waals surface area contributed by atoms with Crippen LogP contribution < -0.4 is 15.4 Å². The van der Waals surface area contributed by atoms with Crippen molar-refractivity contribution in [3.8, 4) is 5.75 Å². The fourth-order valence-corrected chi connectivity index (χ4v) is 2.58. The molecule has 0 spiro atoms. The number of amides is 1. The number of rotatable bonds is 7. The molecule has 1 amide bonds. The molecule has 0 aromatic heterocycles. The maximum absolute atomic E-state index is 12.5. The predicted molar refractivity (Wildman–Crippen MR) is 94.4 cm³/mol. The number of benzene rings is 2. The average molecular weight is 340 g/mol. The Kier molecular flexibility index (Phi) is 4.61. The van der Waals surface area contributed by atoms with Crippen LogP contribution in [-0.4, -0.2) is 30.6 Å². The molecule has 3 rings (SSSR count). The number of hydrogen-bond acceptors (Lipinski definition) is 4. The van der Waals surface area contributed by atoms with Gasteiger partial charge in [-0.2, -0.15) is 0 Å². The van der Waals surface area contributed by atoms with E-state index in [4.69, 9.17) is 4.74 Å². The predicted octanol–water partition coefficient (Wildman–Crippen LogP) is 3.03. The molecule has 0 aliphatic heterocycles. The number of carboxylic acids is 1. The van der Waals surface area contributed by atoms with Gasteiger partial charge in [-0.15, -0.1) is 0 Å². The molecule has 0 radical (unpaired) electrons. The van der Waals surface area contributed by atoms with E-state index >= 15 is 0 Å². The van der Waals surface area contributed by atoms with Crippen molar-refractivity contribution in [1.82, 2.24) is 5.32 Å². The number of aliphatic carboxylic acids is 1. The molecule has 0 bridgehead atoms. The fourth-order valence-electron chi connectivity index (χ4n) is 2.58. The number of hydrogen-bond donors (Lipinski definition) is 3. The Labute approximate surface area is 145 Å². The van der Waals surface area contributed by atoms with Gasteiger partial charge < -0.3 is 20.5 Å². The van der Waals surface area contributed by atoms with E-state index in [1.54, 1.807) is 19.2 Å². The molecule has 0 saturated heterocycles. The Bertz CT molecular complexity index is 782. The van der Waals surface area contributed by atoms with E-state index in [1.807, 2.05) is 36.4 Å². The van der Waals surface area contributed by atoms with E-state index < -0.39 is 11.4 Å². The zero-order valence-corrected chi connectivity index (χ0v) is 13.9. The highest BCUT2D eigenvalue weighted by atomic mass is 16.5. The second kappa shape index (κ2) is 6.84. The number of ether oxygens (including phenoxy) is 1. The second-order valence-corrected chi connectivity index (χ2v) is 6.17. The summed E-state index contributed by atoms with van der Waals surface area (Å²) in [6.07, 6.45) is 1.21. The number of carboxylic acid groups (broad SMARTS) is 1. The highest BCUT2D eigenvalue weighted by Crippen LogP contribution is 2.45. The molecule has 1 aliphatic carbocycles. The molecular weight excluding hydrogens is 320 g/mol. The highest BCUT2D eigenvalue weighted by Gasteiger charge is 2.50. The minimum Gasteiger partial charge on any atom is -0.497 e. The Hall–Kier alpha value is -3.02. The molecule has 0 atom stereocenters. The van der Waals surface area contributed by atoms with Crippen LogP contribution in [-0.2, 0) is 4.79 Å². The summed E-state index contributed by atoms with van der Waals surface area (Å²) in [7, 11) is 1.60. The van der Waals surface area contributed by atoms with Gasteiger partial charge in [0.15, 0.2) is 0 Å². The van der Waals surface area contributed by atoms with Crippen LogP contribution in [0.25, 0.3) is 0 Å². The van der Waals surface area contributed by atoms with Gasteiger partial charge in [0.25, 0.3) is 5.91 Å². The molecule has 25 heavy (non-hydrogen) atoms. The van der Waals surface area contributed by atoms with Crippen LogP contribution in [0.4, 0.5) is 11.4 Å². The molecule has 6 nitrogen and oxygen atoms in total. The van der Waals surface area contributed by atoms with Crippen molar-refractivity contribution in [2.45, 2.75) is 12.8 Å². The Morgan fingerprint density at radius 1 is 1.12 bits per heavy atom. The minimum atomic E-state index is -0.850. The smallest absolute Gasteiger partial charge is 0.311 e. The number of carbonyl (C=O) groups excluding carboxylic acids is 1. The van der Waals surface area contributed by atoms with E-state index in [0.29, 0.717) is 24.1 Å². The normalized spacial score (nSPS) is 14.4. The second-order valence-electron chi connectivity index (χ2n) is 6.17. The van der Waals surface area contributed by atoms with Gasteiger partial charge in [0.05, 0.1) is 23.8 Å². The van der Waals surface area contributed by atoms with E-state index in [0.717, 1.165) is 11.4 Å². The first-order valence-corrected chi connectivity index (χ1v) is 8.06. The lowest BCUT2D eigenvalue weighted by Crippen LogP contribution is -2.34. The molecule has 1 saturated carbocycles. The molecule has 6 heteroatoms. The van der Waals surface area contributed by atoms with Gasteiger partial charge in [-0.25, -0.2) is 0 Å². The van der Waals surface area contributed by atoms with E-state index in [2.05, 4.69) is 10.6 Å². The maximum Gasteiger partial charge on any atom is 0.311 e. The van der Waals surface area contributed by atoms with Crippen molar-refractivity contribution in [1.29, 1.82) is 0 Å². The molecule has 3 N–H and O–H groups in total. The first kappa shape index (κ1) is 16.8. The molecule has 0 heterocycles. The van der Waals surface area contributed by atoms with E-state index in [-0.39, 0.29) is 12.5 Å². The Balaban J connectivity index is 1.71.